The first kappa shape index (κ1) is 13.9. The number of rotatable bonds is 7. The predicted octanol–water partition coefficient (Wildman–Crippen LogP) is 2.12. The van der Waals surface area contributed by atoms with E-state index in [0.29, 0.717) is 12.5 Å². The lowest BCUT2D eigenvalue weighted by atomic mass is 10.2. The minimum absolute atomic E-state index is 0.253. The van der Waals surface area contributed by atoms with E-state index in [1.165, 1.54) is 5.56 Å². The van der Waals surface area contributed by atoms with Crippen molar-refractivity contribution in [1.29, 1.82) is 0 Å². The molecule has 0 saturated heterocycles. The summed E-state index contributed by atoms with van der Waals surface area (Å²) in [6.07, 6.45) is 3.98. The van der Waals surface area contributed by atoms with Gasteiger partial charge in [-0.3, -0.25) is 4.68 Å². The summed E-state index contributed by atoms with van der Waals surface area (Å²) in [5.74, 6) is 2.15. The molecule has 2 N–H and O–H groups in total. The van der Waals surface area contributed by atoms with E-state index in [9.17, 15) is 5.11 Å². The quantitative estimate of drug-likeness (QED) is 0.819. The van der Waals surface area contributed by atoms with Crippen molar-refractivity contribution in [3.8, 4) is 5.75 Å². The molecule has 5 nitrogen and oxygen atoms in total. The van der Waals surface area contributed by atoms with Gasteiger partial charge in [-0.25, -0.2) is 0 Å². The Labute approximate surface area is 124 Å². The number of nitrogens with zero attached hydrogens (tertiary/aromatic N) is 2. The molecule has 2 aromatic rings. The number of aromatic nitrogens is 2. The number of hydrogen-bond acceptors (Lipinski definition) is 4. The third kappa shape index (κ3) is 3.76. The predicted molar refractivity (Wildman–Crippen MR) is 81.5 cm³/mol. The number of methoxy groups -OCH3 is 1. The molecule has 112 valence electrons. The average Bonchev–Trinajstić information content (AvgIpc) is 3.27. The molecule has 5 heteroatoms. The van der Waals surface area contributed by atoms with E-state index in [-0.39, 0.29) is 6.10 Å². The Bertz CT molecular complexity index is 575. The van der Waals surface area contributed by atoms with Gasteiger partial charge in [0.05, 0.1) is 19.8 Å². The summed E-state index contributed by atoms with van der Waals surface area (Å²) < 4.78 is 7.03. The van der Waals surface area contributed by atoms with Crippen molar-refractivity contribution >= 4 is 5.82 Å². The highest BCUT2D eigenvalue weighted by Crippen LogP contribution is 2.32. The first-order chi connectivity index (χ1) is 10.2. The Morgan fingerprint density at radius 2 is 2.10 bits per heavy atom. The first-order valence-corrected chi connectivity index (χ1v) is 7.33. The second kappa shape index (κ2) is 6.18. The van der Waals surface area contributed by atoms with Gasteiger partial charge >= 0.3 is 0 Å². The molecule has 1 heterocycles. The van der Waals surface area contributed by atoms with Crippen LogP contribution in [0.5, 0.6) is 5.75 Å². The van der Waals surface area contributed by atoms with E-state index in [4.69, 9.17) is 4.74 Å². The van der Waals surface area contributed by atoms with Gasteiger partial charge in [-0.05, 0) is 36.5 Å². The number of anilines is 1. The standard InChI is InChI=1S/C16H21N3O2/c1-21-14-6-2-12(3-7-14)11-19-9-8-16(18-19)17-10-15(20)13-4-5-13/h2-3,6-9,13,15,20H,4-5,10-11H2,1H3,(H,17,18). The summed E-state index contributed by atoms with van der Waals surface area (Å²) in [4.78, 5) is 0. The van der Waals surface area contributed by atoms with Crippen molar-refractivity contribution in [3.63, 3.8) is 0 Å². The molecule has 1 saturated carbocycles. The Balaban J connectivity index is 1.53. The molecule has 0 bridgehead atoms. The SMILES string of the molecule is COc1ccc(Cn2ccc(NCC(O)C3CC3)n2)cc1. The summed E-state index contributed by atoms with van der Waals surface area (Å²) in [5.41, 5.74) is 1.17. The second-order valence-electron chi connectivity index (χ2n) is 5.53. The van der Waals surface area contributed by atoms with Crippen LogP contribution in [0.4, 0.5) is 5.82 Å². The molecule has 0 radical (unpaired) electrons. The zero-order chi connectivity index (χ0) is 14.7. The van der Waals surface area contributed by atoms with Gasteiger partial charge in [-0.2, -0.15) is 5.10 Å². The number of benzene rings is 1. The number of aliphatic hydroxyl groups excluding tert-OH is 1. The van der Waals surface area contributed by atoms with Crippen LogP contribution >= 0.6 is 0 Å². The lowest BCUT2D eigenvalue weighted by Crippen LogP contribution is -2.21. The molecular weight excluding hydrogens is 266 g/mol. The summed E-state index contributed by atoms with van der Waals surface area (Å²) in [6.45, 7) is 1.29. The van der Waals surface area contributed by atoms with E-state index in [2.05, 4.69) is 10.4 Å². The number of aliphatic hydroxyl groups is 1. The second-order valence-corrected chi connectivity index (χ2v) is 5.53. The molecule has 0 aliphatic heterocycles. The lowest BCUT2D eigenvalue weighted by molar-refractivity contribution is 0.164. The van der Waals surface area contributed by atoms with Crippen molar-refractivity contribution in [2.75, 3.05) is 19.0 Å². The monoisotopic (exact) mass is 287 g/mol. The van der Waals surface area contributed by atoms with Crippen LogP contribution in [-0.4, -0.2) is 34.6 Å². The van der Waals surface area contributed by atoms with Crippen LogP contribution in [-0.2, 0) is 6.54 Å². The van der Waals surface area contributed by atoms with Crippen molar-refractivity contribution in [2.45, 2.75) is 25.5 Å². The van der Waals surface area contributed by atoms with Crippen LogP contribution in [0.15, 0.2) is 36.5 Å². The van der Waals surface area contributed by atoms with Gasteiger partial charge in [0, 0.05) is 18.8 Å². The van der Waals surface area contributed by atoms with Crippen molar-refractivity contribution in [2.24, 2.45) is 5.92 Å². The number of nitrogens with one attached hydrogen (secondary N) is 1. The van der Waals surface area contributed by atoms with E-state index in [1.807, 2.05) is 41.2 Å². The minimum Gasteiger partial charge on any atom is -0.497 e. The molecular formula is C16H21N3O2. The van der Waals surface area contributed by atoms with Crippen LogP contribution in [0.3, 0.4) is 0 Å². The third-order valence-electron chi connectivity index (χ3n) is 3.80. The summed E-state index contributed by atoms with van der Waals surface area (Å²) in [6, 6.07) is 9.89. The van der Waals surface area contributed by atoms with Crippen LogP contribution in [0.1, 0.15) is 18.4 Å². The molecule has 1 unspecified atom stereocenters. The summed E-state index contributed by atoms with van der Waals surface area (Å²) >= 11 is 0. The Morgan fingerprint density at radius 1 is 1.33 bits per heavy atom. The van der Waals surface area contributed by atoms with Crippen LogP contribution < -0.4 is 10.1 Å². The van der Waals surface area contributed by atoms with Gasteiger partial charge in [0.2, 0.25) is 0 Å². The summed E-state index contributed by atoms with van der Waals surface area (Å²) in [5, 5.41) is 17.5. The zero-order valence-electron chi connectivity index (χ0n) is 12.2. The van der Waals surface area contributed by atoms with E-state index < -0.39 is 0 Å². The molecule has 1 aliphatic rings. The lowest BCUT2D eigenvalue weighted by Gasteiger charge is -2.09. The van der Waals surface area contributed by atoms with Gasteiger partial charge in [-0.15, -0.1) is 0 Å². The zero-order valence-corrected chi connectivity index (χ0v) is 12.2. The smallest absolute Gasteiger partial charge is 0.148 e. The fourth-order valence-electron chi connectivity index (χ4n) is 2.32. The first-order valence-electron chi connectivity index (χ1n) is 7.33. The molecule has 3 rings (SSSR count). The van der Waals surface area contributed by atoms with E-state index in [1.54, 1.807) is 7.11 Å². The summed E-state index contributed by atoms with van der Waals surface area (Å²) in [7, 11) is 1.66. The number of ether oxygens (including phenoxy) is 1. The molecule has 21 heavy (non-hydrogen) atoms. The molecule has 1 fully saturated rings. The van der Waals surface area contributed by atoms with Crippen molar-refractivity contribution in [1.82, 2.24) is 9.78 Å². The van der Waals surface area contributed by atoms with Crippen molar-refractivity contribution in [3.05, 3.63) is 42.1 Å². The maximum absolute atomic E-state index is 9.83. The highest BCUT2D eigenvalue weighted by Gasteiger charge is 2.29. The Kier molecular flexibility index (Phi) is 4.10. The maximum Gasteiger partial charge on any atom is 0.148 e. The van der Waals surface area contributed by atoms with Crippen LogP contribution in [0.2, 0.25) is 0 Å². The average molecular weight is 287 g/mol. The third-order valence-corrected chi connectivity index (χ3v) is 3.80. The normalized spacial score (nSPS) is 15.7. The fourth-order valence-corrected chi connectivity index (χ4v) is 2.32. The molecule has 0 amide bonds. The van der Waals surface area contributed by atoms with Gasteiger partial charge in [0.1, 0.15) is 11.6 Å². The van der Waals surface area contributed by atoms with Gasteiger partial charge in [0.15, 0.2) is 0 Å². The van der Waals surface area contributed by atoms with Crippen LogP contribution in [0, 0.1) is 5.92 Å². The largest absolute Gasteiger partial charge is 0.497 e. The molecule has 1 aliphatic carbocycles. The maximum atomic E-state index is 9.83. The molecule has 1 aromatic heterocycles. The molecule has 1 atom stereocenters. The van der Waals surface area contributed by atoms with E-state index in [0.717, 1.165) is 31.0 Å². The van der Waals surface area contributed by atoms with Gasteiger partial charge in [-0.1, -0.05) is 12.1 Å². The highest BCUT2D eigenvalue weighted by molar-refractivity contribution is 5.33. The van der Waals surface area contributed by atoms with Crippen LogP contribution in [0.25, 0.3) is 0 Å². The topological polar surface area (TPSA) is 59.3 Å². The van der Waals surface area contributed by atoms with Crippen molar-refractivity contribution < 1.29 is 9.84 Å². The minimum atomic E-state index is -0.253. The highest BCUT2D eigenvalue weighted by atomic mass is 16.5. The van der Waals surface area contributed by atoms with E-state index >= 15 is 0 Å². The van der Waals surface area contributed by atoms with Gasteiger partial charge in [0.25, 0.3) is 0 Å². The Hall–Kier alpha value is -2.01. The Morgan fingerprint density at radius 3 is 2.76 bits per heavy atom. The molecule has 1 aromatic carbocycles. The fraction of sp³-hybridized carbons (Fsp3) is 0.438. The molecule has 0 spiro atoms. The van der Waals surface area contributed by atoms with Gasteiger partial charge < -0.3 is 15.2 Å². The number of hydrogen-bond donors (Lipinski definition) is 2.